The van der Waals surface area contributed by atoms with Crippen LogP contribution in [0.3, 0.4) is 0 Å². The first kappa shape index (κ1) is 14.0. The molecule has 0 spiro atoms. The molecule has 0 atom stereocenters. The van der Waals surface area contributed by atoms with E-state index in [0.717, 1.165) is 25.5 Å². The quantitative estimate of drug-likeness (QED) is 0.850. The van der Waals surface area contributed by atoms with E-state index in [1.165, 1.54) is 24.3 Å². The van der Waals surface area contributed by atoms with Crippen molar-refractivity contribution in [1.29, 1.82) is 0 Å². The van der Waals surface area contributed by atoms with E-state index in [-0.39, 0.29) is 16.3 Å². The monoisotopic (exact) mass is 282 g/mol. The maximum absolute atomic E-state index is 12.1. The number of amides is 1. The van der Waals surface area contributed by atoms with Crippen LogP contribution in [-0.4, -0.2) is 32.7 Å². The van der Waals surface area contributed by atoms with Crippen LogP contribution in [0.1, 0.15) is 29.6 Å². The van der Waals surface area contributed by atoms with Crippen molar-refractivity contribution in [1.82, 2.24) is 5.32 Å². The van der Waals surface area contributed by atoms with Gasteiger partial charge in [-0.1, -0.05) is 0 Å². The van der Waals surface area contributed by atoms with Gasteiger partial charge in [0.15, 0.2) is 9.84 Å². The lowest BCUT2D eigenvalue weighted by Crippen LogP contribution is -2.58. The molecule has 104 valence electrons. The highest BCUT2D eigenvalue weighted by Gasteiger charge is 2.37. The standard InChI is InChI=1S/C13H18N2O3S/c1-19(17,18)11-5-3-10(4-6-11)12(16)15-13(9-14)7-2-8-13/h3-6H,2,7-9,14H2,1H3,(H,15,16). The Labute approximate surface area is 113 Å². The Kier molecular flexibility index (Phi) is 3.64. The van der Waals surface area contributed by atoms with E-state index in [1.807, 2.05) is 0 Å². The summed E-state index contributed by atoms with van der Waals surface area (Å²) in [7, 11) is -3.23. The molecule has 0 aromatic heterocycles. The molecule has 1 saturated carbocycles. The summed E-state index contributed by atoms with van der Waals surface area (Å²) in [4.78, 5) is 12.3. The summed E-state index contributed by atoms with van der Waals surface area (Å²) in [5.74, 6) is -0.204. The fourth-order valence-corrected chi connectivity index (χ4v) is 2.78. The highest BCUT2D eigenvalue weighted by atomic mass is 32.2. The van der Waals surface area contributed by atoms with Crippen molar-refractivity contribution < 1.29 is 13.2 Å². The average molecular weight is 282 g/mol. The molecule has 1 aromatic rings. The van der Waals surface area contributed by atoms with E-state index >= 15 is 0 Å². The minimum atomic E-state index is -3.23. The molecule has 3 N–H and O–H groups in total. The predicted octanol–water partition coefficient (Wildman–Crippen LogP) is 0.701. The number of nitrogens with one attached hydrogen (secondary N) is 1. The summed E-state index contributed by atoms with van der Waals surface area (Å²) in [6, 6.07) is 5.93. The summed E-state index contributed by atoms with van der Waals surface area (Å²) in [5, 5.41) is 2.94. The zero-order chi connectivity index (χ0) is 14.1. The fraction of sp³-hybridized carbons (Fsp3) is 0.462. The van der Waals surface area contributed by atoms with Gasteiger partial charge < -0.3 is 11.1 Å². The second kappa shape index (κ2) is 4.94. The molecule has 1 aliphatic carbocycles. The van der Waals surface area contributed by atoms with Crippen LogP contribution >= 0.6 is 0 Å². The molecule has 0 heterocycles. The SMILES string of the molecule is CS(=O)(=O)c1ccc(C(=O)NC2(CN)CCC2)cc1. The zero-order valence-corrected chi connectivity index (χ0v) is 11.7. The highest BCUT2D eigenvalue weighted by molar-refractivity contribution is 7.90. The Hall–Kier alpha value is -1.40. The Morgan fingerprint density at radius 3 is 2.26 bits per heavy atom. The summed E-state index contributed by atoms with van der Waals surface area (Å²) in [6.45, 7) is 0.431. The average Bonchev–Trinajstić information content (AvgIpc) is 2.32. The van der Waals surface area contributed by atoms with Crippen molar-refractivity contribution in [3.63, 3.8) is 0 Å². The second-order valence-electron chi connectivity index (χ2n) is 5.09. The molecule has 0 bridgehead atoms. The molecule has 2 rings (SSSR count). The van der Waals surface area contributed by atoms with Crippen LogP contribution < -0.4 is 11.1 Å². The number of rotatable bonds is 4. The first-order valence-corrected chi connectivity index (χ1v) is 8.08. The molecule has 0 saturated heterocycles. The summed E-state index contributed by atoms with van der Waals surface area (Å²) >= 11 is 0. The molecule has 0 radical (unpaired) electrons. The first-order valence-electron chi connectivity index (χ1n) is 6.19. The van der Waals surface area contributed by atoms with Gasteiger partial charge in [0.1, 0.15) is 0 Å². The third-order valence-electron chi connectivity index (χ3n) is 3.62. The van der Waals surface area contributed by atoms with Gasteiger partial charge in [0.05, 0.1) is 10.4 Å². The van der Waals surface area contributed by atoms with Crippen LogP contribution in [0.4, 0.5) is 0 Å². The van der Waals surface area contributed by atoms with Gasteiger partial charge in [-0.05, 0) is 43.5 Å². The number of nitrogens with two attached hydrogens (primary N) is 1. The minimum Gasteiger partial charge on any atom is -0.345 e. The molecule has 1 aliphatic rings. The minimum absolute atomic E-state index is 0.204. The van der Waals surface area contributed by atoms with Crippen LogP contribution in [0, 0.1) is 0 Å². The molecule has 6 heteroatoms. The van der Waals surface area contributed by atoms with Crippen molar-refractivity contribution in [2.75, 3.05) is 12.8 Å². The van der Waals surface area contributed by atoms with Gasteiger partial charge in [0, 0.05) is 18.4 Å². The van der Waals surface area contributed by atoms with Crippen LogP contribution in [-0.2, 0) is 9.84 Å². The molecule has 1 amide bonds. The Morgan fingerprint density at radius 1 is 1.32 bits per heavy atom. The summed E-state index contributed by atoms with van der Waals surface area (Å²) < 4.78 is 22.7. The van der Waals surface area contributed by atoms with E-state index in [1.54, 1.807) is 0 Å². The van der Waals surface area contributed by atoms with Crippen molar-refractivity contribution in [3.05, 3.63) is 29.8 Å². The highest BCUT2D eigenvalue weighted by Crippen LogP contribution is 2.30. The third kappa shape index (κ3) is 2.96. The molecule has 0 unspecified atom stereocenters. The maximum Gasteiger partial charge on any atom is 0.251 e. The van der Waals surface area contributed by atoms with E-state index in [2.05, 4.69) is 5.32 Å². The summed E-state index contributed by atoms with van der Waals surface area (Å²) in [6.07, 6.45) is 4.01. The van der Waals surface area contributed by atoms with Crippen LogP contribution in [0.5, 0.6) is 0 Å². The molecule has 0 aliphatic heterocycles. The second-order valence-corrected chi connectivity index (χ2v) is 7.10. The van der Waals surface area contributed by atoms with Crippen molar-refractivity contribution in [2.24, 2.45) is 5.73 Å². The molecule has 1 aromatic carbocycles. The van der Waals surface area contributed by atoms with E-state index in [0.29, 0.717) is 12.1 Å². The predicted molar refractivity (Wildman–Crippen MR) is 72.7 cm³/mol. The van der Waals surface area contributed by atoms with Gasteiger partial charge in [0.25, 0.3) is 5.91 Å². The van der Waals surface area contributed by atoms with Crippen LogP contribution in [0.25, 0.3) is 0 Å². The van der Waals surface area contributed by atoms with Crippen LogP contribution in [0.2, 0.25) is 0 Å². The Balaban J connectivity index is 2.12. The molecule has 19 heavy (non-hydrogen) atoms. The van der Waals surface area contributed by atoms with E-state index in [9.17, 15) is 13.2 Å². The number of hydrogen-bond acceptors (Lipinski definition) is 4. The molecular formula is C13H18N2O3S. The Morgan fingerprint density at radius 2 is 1.89 bits per heavy atom. The molecule has 5 nitrogen and oxygen atoms in total. The maximum atomic E-state index is 12.1. The largest absolute Gasteiger partial charge is 0.345 e. The normalized spacial score (nSPS) is 17.6. The summed E-state index contributed by atoms with van der Waals surface area (Å²) in [5.41, 5.74) is 5.86. The van der Waals surface area contributed by atoms with Gasteiger partial charge >= 0.3 is 0 Å². The number of hydrogen-bond donors (Lipinski definition) is 2. The van der Waals surface area contributed by atoms with E-state index in [4.69, 9.17) is 5.73 Å². The lowest BCUT2D eigenvalue weighted by molar-refractivity contribution is 0.0837. The number of carbonyl (C=O) groups is 1. The third-order valence-corrected chi connectivity index (χ3v) is 4.75. The van der Waals surface area contributed by atoms with Gasteiger partial charge in [-0.2, -0.15) is 0 Å². The lowest BCUT2D eigenvalue weighted by Gasteiger charge is -2.41. The number of sulfone groups is 1. The van der Waals surface area contributed by atoms with Crippen molar-refractivity contribution >= 4 is 15.7 Å². The van der Waals surface area contributed by atoms with Gasteiger partial charge in [-0.15, -0.1) is 0 Å². The van der Waals surface area contributed by atoms with Gasteiger partial charge in [0.2, 0.25) is 0 Å². The van der Waals surface area contributed by atoms with E-state index < -0.39 is 9.84 Å². The number of carbonyl (C=O) groups excluding carboxylic acids is 1. The smallest absolute Gasteiger partial charge is 0.251 e. The van der Waals surface area contributed by atoms with Crippen molar-refractivity contribution in [2.45, 2.75) is 29.7 Å². The zero-order valence-electron chi connectivity index (χ0n) is 10.8. The Bertz CT molecular complexity index is 569. The van der Waals surface area contributed by atoms with Crippen LogP contribution in [0.15, 0.2) is 29.2 Å². The topological polar surface area (TPSA) is 89.3 Å². The first-order chi connectivity index (χ1) is 8.86. The van der Waals surface area contributed by atoms with Gasteiger partial charge in [-0.25, -0.2) is 8.42 Å². The van der Waals surface area contributed by atoms with Gasteiger partial charge in [-0.3, -0.25) is 4.79 Å². The molecule has 1 fully saturated rings. The lowest BCUT2D eigenvalue weighted by atomic mass is 9.76. The van der Waals surface area contributed by atoms with Crippen molar-refractivity contribution in [3.8, 4) is 0 Å². The fourth-order valence-electron chi connectivity index (χ4n) is 2.15. The number of benzene rings is 1. The molecular weight excluding hydrogens is 264 g/mol.